The zero-order valence-corrected chi connectivity index (χ0v) is 12.4. The maximum Gasteiger partial charge on any atom is 0.316 e. The Morgan fingerprint density at radius 2 is 1.95 bits per heavy atom. The number of esters is 1. The van der Waals surface area contributed by atoms with Crippen LogP contribution in [-0.4, -0.2) is 24.7 Å². The molecule has 4 heteroatoms. The number of hydrogen-bond donors (Lipinski definition) is 1. The lowest BCUT2D eigenvalue weighted by Crippen LogP contribution is -2.54. The van der Waals surface area contributed by atoms with Gasteiger partial charge in [-0.1, -0.05) is 12.1 Å². The van der Waals surface area contributed by atoms with E-state index in [2.05, 4.69) is 0 Å². The molecule has 2 rings (SSSR count). The molecule has 0 heterocycles. The number of ether oxygens (including phenoxy) is 2. The van der Waals surface area contributed by atoms with Crippen molar-refractivity contribution in [1.29, 1.82) is 0 Å². The Balaban J connectivity index is 2.20. The second-order valence-electron chi connectivity index (χ2n) is 5.66. The van der Waals surface area contributed by atoms with Crippen LogP contribution < -0.4 is 10.5 Å². The van der Waals surface area contributed by atoms with Crippen molar-refractivity contribution < 1.29 is 14.3 Å². The molecule has 1 fully saturated rings. The molecule has 0 aliphatic heterocycles. The van der Waals surface area contributed by atoms with Gasteiger partial charge in [-0.2, -0.15) is 0 Å². The number of hydrogen-bond acceptors (Lipinski definition) is 4. The van der Waals surface area contributed by atoms with Gasteiger partial charge in [-0.05, 0) is 51.3 Å². The lowest BCUT2D eigenvalue weighted by molar-refractivity contribution is -0.154. The van der Waals surface area contributed by atoms with E-state index in [0.717, 1.165) is 11.3 Å². The standard InChI is InChI=1S/C16H23NO3/c1-4-19-15(18)16(9-13(17)10-16)12-5-7-14(8-6-12)20-11(2)3/h5-8,11,13H,4,9-10,17H2,1-3H3. The van der Waals surface area contributed by atoms with Gasteiger partial charge < -0.3 is 15.2 Å². The van der Waals surface area contributed by atoms with Gasteiger partial charge >= 0.3 is 5.97 Å². The van der Waals surface area contributed by atoms with E-state index < -0.39 is 5.41 Å². The Labute approximate surface area is 120 Å². The molecule has 0 aromatic heterocycles. The summed E-state index contributed by atoms with van der Waals surface area (Å²) in [5.41, 5.74) is 6.29. The van der Waals surface area contributed by atoms with Crippen molar-refractivity contribution in [3.05, 3.63) is 29.8 Å². The van der Waals surface area contributed by atoms with Gasteiger partial charge in [0.1, 0.15) is 5.75 Å². The lowest BCUT2D eigenvalue weighted by atomic mass is 9.62. The minimum absolute atomic E-state index is 0.0750. The zero-order valence-electron chi connectivity index (χ0n) is 12.4. The predicted octanol–water partition coefficient (Wildman–Crippen LogP) is 2.40. The van der Waals surface area contributed by atoms with Crippen LogP contribution in [0.15, 0.2) is 24.3 Å². The number of carbonyl (C=O) groups is 1. The third-order valence-electron chi connectivity index (χ3n) is 3.67. The lowest BCUT2D eigenvalue weighted by Gasteiger charge is -2.44. The summed E-state index contributed by atoms with van der Waals surface area (Å²) in [5, 5.41) is 0. The highest BCUT2D eigenvalue weighted by molar-refractivity contribution is 5.85. The Hall–Kier alpha value is -1.55. The third-order valence-corrected chi connectivity index (χ3v) is 3.67. The molecule has 1 aliphatic carbocycles. The van der Waals surface area contributed by atoms with E-state index in [-0.39, 0.29) is 18.1 Å². The molecule has 0 unspecified atom stereocenters. The summed E-state index contributed by atoms with van der Waals surface area (Å²) >= 11 is 0. The molecular formula is C16H23NO3. The van der Waals surface area contributed by atoms with Crippen molar-refractivity contribution in [3.63, 3.8) is 0 Å². The molecule has 4 nitrogen and oxygen atoms in total. The fraction of sp³-hybridized carbons (Fsp3) is 0.562. The first-order chi connectivity index (χ1) is 9.48. The van der Waals surface area contributed by atoms with E-state index in [1.807, 2.05) is 45.0 Å². The fourth-order valence-corrected chi connectivity index (χ4v) is 2.75. The van der Waals surface area contributed by atoms with Gasteiger partial charge in [0.05, 0.1) is 18.1 Å². The van der Waals surface area contributed by atoms with E-state index >= 15 is 0 Å². The Kier molecular flexibility index (Phi) is 4.33. The van der Waals surface area contributed by atoms with Crippen molar-refractivity contribution in [2.75, 3.05) is 6.61 Å². The van der Waals surface area contributed by atoms with Crippen molar-refractivity contribution in [2.45, 2.75) is 51.2 Å². The van der Waals surface area contributed by atoms with Crippen molar-refractivity contribution >= 4 is 5.97 Å². The molecule has 0 radical (unpaired) electrons. The van der Waals surface area contributed by atoms with Gasteiger partial charge in [-0.15, -0.1) is 0 Å². The van der Waals surface area contributed by atoms with Crippen LogP contribution in [0.2, 0.25) is 0 Å². The second-order valence-corrected chi connectivity index (χ2v) is 5.66. The predicted molar refractivity (Wildman–Crippen MR) is 77.7 cm³/mol. The monoisotopic (exact) mass is 277 g/mol. The highest BCUT2D eigenvalue weighted by Crippen LogP contribution is 2.44. The van der Waals surface area contributed by atoms with Crippen molar-refractivity contribution in [1.82, 2.24) is 0 Å². The number of nitrogens with two attached hydrogens (primary N) is 1. The molecule has 0 saturated heterocycles. The SMILES string of the molecule is CCOC(=O)C1(c2ccc(OC(C)C)cc2)CC(N)C1. The maximum absolute atomic E-state index is 12.2. The summed E-state index contributed by atoms with van der Waals surface area (Å²) in [5.74, 6) is 0.644. The van der Waals surface area contributed by atoms with Crippen LogP contribution in [0.3, 0.4) is 0 Å². The third kappa shape index (κ3) is 2.80. The maximum atomic E-state index is 12.2. The Bertz CT molecular complexity index is 461. The van der Waals surface area contributed by atoms with E-state index in [0.29, 0.717) is 19.4 Å². The summed E-state index contributed by atoms with van der Waals surface area (Å²) in [6, 6.07) is 7.77. The molecule has 0 atom stereocenters. The summed E-state index contributed by atoms with van der Waals surface area (Å²) in [6.45, 7) is 6.19. The first-order valence-electron chi connectivity index (χ1n) is 7.18. The van der Waals surface area contributed by atoms with E-state index in [9.17, 15) is 4.79 Å². The summed E-state index contributed by atoms with van der Waals surface area (Å²) < 4.78 is 10.8. The number of rotatable bonds is 5. The van der Waals surface area contributed by atoms with E-state index in [1.165, 1.54) is 0 Å². The van der Waals surface area contributed by atoms with E-state index in [4.69, 9.17) is 15.2 Å². The van der Waals surface area contributed by atoms with Crippen LogP contribution in [0, 0.1) is 0 Å². The molecule has 1 saturated carbocycles. The molecule has 1 aromatic carbocycles. The van der Waals surface area contributed by atoms with Crippen LogP contribution in [0.1, 0.15) is 39.2 Å². The first-order valence-corrected chi connectivity index (χ1v) is 7.18. The van der Waals surface area contributed by atoms with Crippen molar-refractivity contribution in [3.8, 4) is 5.75 Å². The normalized spacial score (nSPS) is 25.1. The van der Waals surface area contributed by atoms with Gasteiger partial charge in [-0.25, -0.2) is 0 Å². The highest BCUT2D eigenvalue weighted by Gasteiger charge is 2.51. The van der Waals surface area contributed by atoms with Crippen LogP contribution in [0.25, 0.3) is 0 Å². The molecular weight excluding hydrogens is 254 g/mol. The Morgan fingerprint density at radius 1 is 1.35 bits per heavy atom. The van der Waals surface area contributed by atoms with Gasteiger partial charge in [0.2, 0.25) is 0 Å². The second kappa shape index (κ2) is 5.83. The van der Waals surface area contributed by atoms with Crippen LogP contribution in [0.5, 0.6) is 5.75 Å². The summed E-state index contributed by atoms with van der Waals surface area (Å²) in [7, 11) is 0. The van der Waals surface area contributed by atoms with Gasteiger partial charge in [0, 0.05) is 6.04 Å². The summed E-state index contributed by atoms with van der Waals surface area (Å²) in [4.78, 5) is 12.2. The number of benzene rings is 1. The van der Waals surface area contributed by atoms with Crippen LogP contribution in [-0.2, 0) is 14.9 Å². The summed E-state index contributed by atoms with van der Waals surface area (Å²) in [6.07, 6.45) is 1.43. The molecule has 1 aliphatic rings. The van der Waals surface area contributed by atoms with Gasteiger partial charge in [0.15, 0.2) is 0 Å². The topological polar surface area (TPSA) is 61.5 Å². The average Bonchev–Trinajstić information content (AvgIpc) is 2.35. The van der Waals surface area contributed by atoms with Crippen molar-refractivity contribution in [2.24, 2.45) is 5.73 Å². The van der Waals surface area contributed by atoms with Gasteiger partial charge in [0.25, 0.3) is 0 Å². The smallest absolute Gasteiger partial charge is 0.316 e. The molecule has 0 amide bonds. The molecule has 0 bridgehead atoms. The quantitative estimate of drug-likeness (QED) is 0.839. The molecule has 2 N–H and O–H groups in total. The van der Waals surface area contributed by atoms with E-state index in [1.54, 1.807) is 0 Å². The largest absolute Gasteiger partial charge is 0.491 e. The average molecular weight is 277 g/mol. The van der Waals surface area contributed by atoms with Crippen LogP contribution in [0.4, 0.5) is 0 Å². The van der Waals surface area contributed by atoms with Crippen LogP contribution >= 0.6 is 0 Å². The number of carbonyl (C=O) groups excluding carboxylic acids is 1. The Morgan fingerprint density at radius 3 is 2.40 bits per heavy atom. The fourth-order valence-electron chi connectivity index (χ4n) is 2.75. The minimum Gasteiger partial charge on any atom is -0.491 e. The van der Waals surface area contributed by atoms with Gasteiger partial charge in [-0.3, -0.25) is 4.79 Å². The molecule has 20 heavy (non-hydrogen) atoms. The highest BCUT2D eigenvalue weighted by atomic mass is 16.5. The zero-order chi connectivity index (χ0) is 14.8. The first kappa shape index (κ1) is 14.9. The molecule has 110 valence electrons. The molecule has 1 aromatic rings. The molecule has 0 spiro atoms. The minimum atomic E-state index is -0.564.